The van der Waals surface area contributed by atoms with Gasteiger partial charge in [-0.2, -0.15) is 4.31 Å². The molecule has 0 spiro atoms. The van der Waals surface area contributed by atoms with Gasteiger partial charge in [-0.25, -0.2) is 13.2 Å². The second-order valence-electron chi connectivity index (χ2n) is 7.04. The molecule has 164 valence electrons. The SMILES string of the molecule is CC(=O)N1CCN(S(=O)(=O)c2cccc(C(=O)OC(C(N)=O)c3ccccc3)c2)CC1. The van der Waals surface area contributed by atoms with Crippen molar-refractivity contribution in [1.82, 2.24) is 9.21 Å². The number of rotatable bonds is 6. The Morgan fingerprint density at radius 2 is 1.61 bits per heavy atom. The lowest BCUT2D eigenvalue weighted by molar-refractivity contribution is -0.130. The zero-order chi connectivity index (χ0) is 22.6. The summed E-state index contributed by atoms with van der Waals surface area (Å²) in [6.07, 6.45) is -1.30. The van der Waals surface area contributed by atoms with Crippen LogP contribution >= 0.6 is 0 Å². The van der Waals surface area contributed by atoms with Gasteiger partial charge >= 0.3 is 5.97 Å². The van der Waals surface area contributed by atoms with Gasteiger partial charge in [0.25, 0.3) is 5.91 Å². The molecule has 1 fully saturated rings. The van der Waals surface area contributed by atoms with E-state index < -0.39 is 28.0 Å². The van der Waals surface area contributed by atoms with Crippen LogP contribution in [0.15, 0.2) is 59.5 Å². The number of sulfonamides is 1. The fourth-order valence-corrected chi connectivity index (χ4v) is 4.74. The van der Waals surface area contributed by atoms with Gasteiger partial charge in [0.2, 0.25) is 22.0 Å². The van der Waals surface area contributed by atoms with Gasteiger partial charge in [0.15, 0.2) is 0 Å². The number of piperazine rings is 1. The van der Waals surface area contributed by atoms with Crippen LogP contribution in [0.25, 0.3) is 0 Å². The zero-order valence-corrected chi connectivity index (χ0v) is 17.7. The van der Waals surface area contributed by atoms with Crippen LogP contribution in [0, 0.1) is 0 Å². The molecule has 0 saturated carbocycles. The summed E-state index contributed by atoms with van der Waals surface area (Å²) in [5.41, 5.74) is 5.77. The van der Waals surface area contributed by atoms with Crippen LogP contribution in [0.1, 0.15) is 28.9 Å². The van der Waals surface area contributed by atoms with Crippen LogP contribution in [-0.4, -0.2) is 61.6 Å². The second kappa shape index (κ2) is 9.27. The number of ether oxygens (including phenoxy) is 1. The maximum absolute atomic E-state index is 13.0. The lowest BCUT2D eigenvalue weighted by atomic mass is 10.1. The molecule has 0 radical (unpaired) electrons. The van der Waals surface area contributed by atoms with Crippen molar-refractivity contribution in [3.05, 3.63) is 65.7 Å². The summed E-state index contributed by atoms with van der Waals surface area (Å²) in [5.74, 6) is -1.82. The quantitative estimate of drug-likeness (QED) is 0.659. The van der Waals surface area contributed by atoms with Gasteiger partial charge in [-0.15, -0.1) is 0 Å². The van der Waals surface area contributed by atoms with Crippen LogP contribution in [-0.2, 0) is 24.3 Å². The fourth-order valence-electron chi connectivity index (χ4n) is 3.27. The van der Waals surface area contributed by atoms with Gasteiger partial charge in [-0.1, -0.05) is 36.4 Å². The van der Waals surface area contributed by atoms with Crippen molar-refractivity contribution in [2.75, 3.05) is 26.2 Å². The van der Waals surface area contributed by atoms with Gasteiger partial charge in [-0.05, 0) is 18.2 Å². The van der Waals surface area contributed by atoms with Crippen molar-refractivity contribution in [1.29, 1.82) is 0 Å². The average molecular weight is 445 g/mol. The summed E-state index contributed by atoms with van der Waals surface area (Å²) in [4.78, 5) is 37.4. The topological polar surface area (TPSA) is 127 Å². The molecule has 9 nitrogen and oxygen atoms in total. The number of carbonyl (C=O) groups is 3. The summed E-state index contributed by atoms with van der Waals surface area (Å²) in [5, 5.41) is 0. The van der Waals surface area contributed by atoms with E-state index in [1.807, 2.05) is 0 Å². The monoisotopic (exact) mass is 445 g/mol. The maximum Gasteiger partial charge on any atom is 0.339 e. The molecule has 1 aliphatic rings. The number of hydrogen-bond acceptors (Lipinski definition) is 6. The normalized spacial score (nSPS) is 15.8. The van der Waals surface area contributed by atoms with E-state index in [1.54, 1.807) is 35.2 Å². The molecule has 0 aromatic heterocycles. The Balaban J connectivity index is 1.78. The third-order valence-corrected chi connectivity index (χ3v) is 6.87. The maximum atomic E-state index is 13.0. The van der Waals surface area contributed by atoms with Crippen LogP contribution in [0.5, 0.6) is 0 Å². The van der Waals surface area contributed by atoms with Crippen molar-refractivity contribution in [3.8, 4) is 0 Å². The number of amides is 2. The number of primary amides is 1. The summed E-state index contributed by atoms with van der Waals surface area (Å²) in [6.45, 7) is 2.36. The van der Waals surface area contributed by atoms with Crippen molar-refractivity contribution in [2.24, 2.45) is 5.73 Å². The third kappa shape index (κ3) is 5.09. The van der Waals surface area contributed by atoms with E-state index >= 15 is 0 Å². The Bertz CT molecular complexity index is 1080. The summed E-state index contributed by atoms with van der Waals surface area (Å²) in [6, 6.07) is 13.7. The van der Waals surface area contributed by atoms with Crippen molar-refractivity contribution in [2.45, 2.75) is 17.9 Å². The van der Waals surface area contributed by atoms with Crippen molar-refractivity contribution < 1.29 is 27.5 Å². The van der Waals surface area contributed by atoms with E-state index in [0.717, 1.165) is 0 Å². The minimum atomic E-state index is -3.87. The molecule has 1 unspecified atom stereocenters. The lowest BCUT2D eigenvalue weighted by Gasteiger charge is -2.33. The predicted octanol–water partition coefficient (Wildman–Crippen LogP) is 0.923. The molecule has 10 heteroatoms. The highest BCUT2D eigenvalue weighted by atomic mass is 32.2. The van der Waals surface area contributed by atoms with E-state index in [2.05, 4.69) is 0 Å². The lowest BCUT2D eigenvalue weighted by Crippen LogP contribution is -2.49. The first kappa shape index (κ1) is 22.4. The Morgan fingerprint density at radius 3 is 2.19 bits per heavy atom. The number of hydrogen-bond donors (Lipinski definition) is 1. The van der Waals surface area contributed by atoms with Crippen LogP contribution in [0.4, 0.5) is 0 Å². The Hall–Kier alpha value is -3.24. The molecule has 0 bridgehead atoms. The van der Waals surface area contributed by atoms with Crippen molar-refractivity contribution in [3.63, 3.8) is 0 Å². The Kier molecular flexibility index (Phi) is 6.71. The summed E-state index contributed by atoms with van der Waals surface area (Å²) < 4.78 is 32.5. The number of carbonyl (C=O) groups excluding carboxylic acids is 3. The Labute approximate surface area is 180 Å². The number of benzene rings is 2. The predicted molar refractivity (Wildman–Crippen MR) is 111 cm³/mol. The molecule has 2 aromatic rings. The summed E-state index contributed by atoms with van der Waals surface area (Å²) >= 11 is 0. The highest BCUT2D eigenvalue weighted by Crippen LogP contribution is 2.22. The molecular weight excluding hydrogens is 422 g/mol. The van der Waals surface area contributed by atoms with E-state index in [4.69, 9.17) is 10.5 Å². The number of esters is 1. The largest absolute Gasteiger partial charge is 0.444 e. The highest BCUT2D eigenvalue weighted by Gasteiger charge is 2.30. The highest BCUT2D eigenvalue weighted by molar-refractivity contribution is 7.89. The molecule has 3 rings (SSSR count). The molecule has 2 amide bonds. The molecular formula is C21H23N3O6S. The van der Waals surface area contributed by atoms with E-state index in [-0.39, 0.29) is 29.5 Å². The standard InChI is InChI=1S/C21H23N3O6S/c1-15(25)23-10-12-24(13-11-23)31(28,29)18-9-5-8-17(14-18)21(27)30-19(20(22)26)16-6-3-2-4-7-16/h2-9,14,19H,10-13H2,1H3,(H2,22,26). The summed E-state index contributed by atoms with van der Waals surface area (Å²) in [7, 11) is -3.87. The van der Waals surface area contributed by atoms with E-state index in [9.17, 15) is 22.8 Å². The first-order valence-electron chi connectivity index (χ1n) is 9.61. The first-order chi connectivity index (χ1) is 14.7. The zero-order valence-electron chi connectivity index (χ0n) is 16.9. The van der Waals surface area contributed by atoms with E-state index in [0.29, 0.717) is 18.7 Å². The molecule has 31 heavy (non-hydrogen) atoms. The Morgan fingerprint density at radius 1 is 0.968 bits per heavy atom. The van der Waals surface area contributed by atoms with Gasteiger partial charge < -0.3 is 15.4 Å². The average Bonchev–Trinajstić information content (AvgIpc) is 2.77. The van der Waals surface area contributed by atoms with Gasteiger partial charge in [0.05, 0.1) is 10.5 Å². The van der Waals surface area contributed by atoms with Crippen LogP contribution < -0.4 is 5.73 Å². The van der Waals surface area contributed by atoms with Gasteiger partial charge in [0.1, 0.15) is 0 Å². The van der Waals surface area contributed by atoms with Gasteiger partial charge in [0, 0.05) is 38.7 Å². The third-order valence-electron chi connectivity index (χ3n) is 4.98. The number of nitrogens with two attached hydrogens (primary N) is 1. The molecule has 1 saturated heterocycles. The number of nitrogens with zero attached hydrogens (tertiary/aromatic N) is 2. The van der Waals surface area contributed by atoms with Crippen molar-refractivity contribution >= 4 is 27.8 Å². The van der Waals surface area contributed by atoms with Gasteiger partial charge in [-0.3, -0.25) is 9.59 Å². The van der Waals surface area contributed by atoms with Crippen LogP contribution in [0.2, 0.25) is 0 Å². The molecule has 2 N–H and O–H groups in total. The first-order valence-corrected chi connectivity index (χ1v) is 11.0. The minimum absolute atomic E-state index is 0.0226. The second-order valence-corrected chi connectivity index (χ2v) is 8.97. The van der Waals surface area contributed by atoms with Crippen LogP contribution in [0.3, 0.4) is 0 Å². The molecule has 1 heterocycles. The smallest absolute Gasteiger partial charge is 0.339 e. The molecule has 0 aliphatic carbocycles. The molecule has 1 aliphatic heterocycles. The van der Waals surface area contributed by atoms with E-state index in [1.165, 1.54) is 35.5 Å². The fraction of sp³-hybridized carbons (Fsp3) is 0.286. The molecule has 1 atom stereocenters. The molecule has 2 aromatic carbocycles. The minimum Gasteiger partial charge on any atom is -0.444 e.